The quantitative estimate of drug-likeness (QED) is 0.614. The summed E-state index contributed by atoms with van der Waals surface area (Å²) < 4.78 is 0. The van der Waals surface area contributed by atoms with Gasteiger partial charge in [0.05, 0.1) is 0 Å². The molecule has 28 heavy (non-hydrogen) atoms. The third-order valence-corrected chi connectivity index (χ3v) is 8.08. The molecule has 2 aliphatic rings. The Hall–Kier alpha value is -1.95. The van der Waals surface area contributed by atoms with Gasteiger partial charge in [-0.05, 0) is 68.3 Å². The number of benzene rings is 3. The summed E-state index contributed by atoms with van der Waals surface area (Å²) in [6.07, 6.45) is 6.75. The lowest BCUT2D eigenvalue weighted by Crippen LogP contribution is -2.29. The van der Waals surface area contributed by atoms with E-state index in [0.717, 1.165) is 0 Å². The van der Waals surface area contributed by atoms with Gasteiger partial charge in [0.2, 0.25) is 0 Å². The van der Waals surface area contributed by atoms with Crippen LogP contribution < -0.4 is 15.9 Å². The molecule has 0 amide bonds. The van der Waals surface area contributed by atoms with Crippen molar-refractivity contribution in [3.8, 4) is 0 Å². The first-order valence-electron chi connectivity index (χ1n) is 9.71. The van der Waals surface area contributed by atoms with E-state index in [0.29, 0.717) is 6.04 Å². The van der Waals surface area contributed by atoms with E-state index in [4.69, 9.17) is 0 Å². The van der Waals surface area contributed by atoms with E-state index in [1.165, 1.54) is 38.9 Å². The summed E-state index contributed by atoms with van der Waals surface area (Å²) in [4.78, 5) is 2.36. The molecule has 0 N–H and O–H groups in total. The summed E-state index contributed by atoms with van der Waals surface area (Å²) in [5.74, 6) is 2.83. The lowest BCUT2D eigenvalue weighted by atomic mass is 9.94. The average Bonchev–Trinajstić information content (AvgIpc) is 3.31. The zero-order chi connectivity index (χ0) is 19.1. The van der Waals surface area contributed by atoms with Gasteiger partial charge in [0, 0.05) is 17.9 Å². The predicted molar refractivity (Wildman–Crippen MR) is 120 cm³/mol. The van der Waals surface area contributed by atoms with Gasteiger partial charge in [-0.15, -0.1) is 0 Å². The molecule has 1 atom stereocenters. The van der Waals surface area contributed by atoms with Gasteiger partial charge < -0.3 is 4.90 Å². The van der Waals surface area contributed by atoms with E-state index in [1.54, 1.807) is 0 Å². The van der Waals surface area contributed by atoms with E-state index in [2.05, 4.69) is 117 Å². The molecule has 1 fully saturated rings. The lowest BCUT2D eigenvalue weighted by molar-refractivity contribution is 0.328. The van der Waals surface area contributed by atoms with E-state index < -0.39 is 7.92 Å². The minimum Gasteiger partial charge on any atom is -0.302 e. The first kappa shape index (κ1) is 18.1. The van der Waals surface area contributed by atoms with Gasteiger partial charge in [-0.1, -0.05) is 78.9 Å². The molecule has 1 nitrogen and oxygen atoms in total. The molecule has 1 saturated carbocycles. The van der Waals surface area contributed by atoms with Crippen molar-refractivity contribution in [3.05, 3.63) is 121 Å². The average molecular weight is 380 g/mol. The third kappa shape index (κ3) is 2.93. The van der Waals surface area contributed by atoms with Crippen molar-refractivity contribution in [1.29, 1.82) is 0 Å². The van der Waals surface area contributed by atoms with Gasteiger partial charge in [0.15, 0.2) is 0 Å². The van der Waals surface area contributed by atoms with E-state index >= 15 is 0 Å². The van der Waals surface area contributed by atoms with E-state index in [9.17, 15) is 0 Å². The third-order valence-electron chi connectivity index (χ3n) is 5.58. The molecular weight excluding hydrogens is 357 g/mol. The zero-order valence-electron chi connectivity index (χ0n) is 16.2. The maximum absolute atomic E-state index is 2.36. The Bertz CT molecular complexity index is 911. The van der Waals surface area contributed by atoms with Crippen LogP contribution in [-0.4, -0.2) is 19.0 Å². The monoisotopic (exact) mass is 380 g/mol. The molecule has 0 heterocycles. The Morgan fingerprint density at radius 3 is 1.96 bits per heavy atom. The highest BCUT2D eigenvalue weighted by Crippen LogP contribution is 2.56. The van der Waals surface area contributed by atoms with Crippen molar-refractivity contribution in [3.63, 3.8) is 0 Å². The molecule has 0 aliphatic heterocycles. The van der Waals surface area contributed by atoms with Gasteiger partial charge >= 0.3 is 0 Å². The topological polar surface area (TPSA) is 3.24 Å². The van der Waals surface area contributed by atoms with Gasteiger partial charge in [-0.3, -0.25) is 0 Å². The molecule has 0 unspecified atom stereocenters. The van der Waals surface area contributed by atoms with Crippen LogP contribution in [0.15, 0.2) is 78.9 Å². The summed E-state index contributed by atoms with van der Waals surface area (Å²) in [6.45, 7) is 0. The van der Waals surface area contributed by atoms with Crippen LogP contribution in [0, 0.1) is 31.1 Å². The highest BCUT2D eigenvalue weighted by molar-refractivity contribution is 7.79. The zero-order valence-corrected chi connectivity index (χ0v) is 17.1. The molecule has 3 aromatic carbocycles. The van der Waals surface area contributed by atoms with E-state index in [1.807, 2.05) is 0 Å². The van der Waals surface area contributed by atoms with Crippen LogP contribution in [0.5, 0.6) is 0 Å². The molecule has 0 aromatic heterocycles. The molecule has 0 saturated heterocycles. The minimum absolute atomic E-state index is 0.314. The second kappa shape index (κ2) is 7.47. The van der Waals surface area contributed by atoms with Crippen LogP contribution in [-0.2, 0) is 0 Å². The lowest BCUT2D eigenvalue weighted by Gasteiger charge is -2.30. The minimum atomic E-state index is -0.611. The molecular formula is C26H23NP. The van der Waals surface area contributed by atoms with Crippen LogP contribution in [0.3, 0.4) is 0 Å². The number of hydrogen-bond donors (Lipinski definition) is 0. The van der Waals surface area contributed by atoms with Crippen molar-refractivity contribution in [2.75, 3.05) is 14.1 Å². The van der Waals surface area contributed by atoms with Gasteiger partial charge in [-0.25, -0.2) is 0 Å². The van der Waals surface area contributed by atoms with Gasteiger partial charge in [0.25, 0.3) is 0 Å². The largest absolute Gasteiger partial charge is 0.302 e. The van der Waals surface area contributed by atoms with Crippen LogP contribution >= 0.6 is 7.92 Å². The Morgan fingerprint density at radius 1 is 0.714 bits per heavy atom. The van der Waals surface area contributed by atoms with E-state index in [-0.39, 0.29) is 0 Å². The Morgan fingerprint density at radius 2 is 1.36 bits per heavy atom. The second-order valence-corrected chi connectivity index (χ2v) is 9.69. The first-order chi connectivity index (χ1) is 13.8. The van der Waals surface area contributed by atoms with Crippen molar-refractivity contribution in [2.45, 2.75) is 6.04 Å². The van der Waals surface area contributed by atoms with Gasteiger partial charge in [-0.2, -0.15) is 0 Å². The highest BCUT2D eigenvalue weighted by atomic mass is 31.1. The van der Waals surface area contributed by atoms with Crippen molar-refractivity contribution < 1.29 is 0 Å². The number of fused-ring (bicyclic) bond motifs is 3. The summed E-state index contributed by atoms with van der Waals surface area (Å²) in [6, 6.07) is 29.2. The highest BCUT2D eigenvalue weighted by Gasteiger charge is 2.47. The second-order valence-electron chi connectivity index (χ2n) is 7.51. The SMILES string of the molecule is CN(C)[C@H]1[C]2[CH][CH][CH][C]2c2cccc(P(c3ccccc3)c3ccccc3)c21. The van der Waals surface area contributed by atoms with Crippen molar-refractivity contribution in [2.24, 2.45) is 0 Å². The molecule has 0 bridgehead atoms. The maximum Gasteiger partial charge on any atom is 0.0426 e. The summed E-state index contributed by atoms with van der Waals surface area (Å²) in [5.41, 5.74) is 2.88. The molecule has 137 valence electrons. The Kier molecular flexibility index (Phi) is 4.83. The standard InChI is InChI=1S/C26H23NP/c1-27(2)26-23-17-9-15-21(23)22-16-10-18-24(25(22)26)28(19-11-5-3-6-12-19)20-13-7-4-8-14-20/h3-18,26H,1-2H3/t26-/m0/s1. The summed E-state index contributed by atoms with van der Waals surface area (Å²) >= 11 is 0. The van der Waals surface area contributed by atoms with Crippen molar-refractivity contribution >= 4 is 23.8 Å². The fourth-order valence-electron chi connectivity index (χ4n) is 4.46. The molecule has 3 aromatic rings. The first-order valence-corrected chi connectivity index (χ1v) is 11.1. The normalized spacial score (nSPS) is 19.4. The fraction of sp³-hybridized carbons (Fsp3) is 0.115. The van der Waals surface area contributed by atoms with Crippen LogP contribution in [0.1, 0.15) is 17.2 Å². The van der Waals surface area contributed by atoms with Crippen LogP contribution in [0.25, 0.3) is 0 Å². The molecule has 0 spiro atoms. The maximum atomic E-state index is 2.36. The Balaban J connectivity index is 1.73. The van der Waals surface area contributed by atoms with Crippen molar-refractivity contribution in [1.82, 2.24) is 4.90 Å². The number of hydrogen-bond acceptors (Lipinski definition) is 1. The fourth-order valence-corrected chi connectivity index (χ4v) is 6.98. The molecule has 5 radical (unpaired) electrons. The molecule has 5 rings (SSSR count). The smallest absolute Gasteiger partial charge is 0.0426 e. The number of rotatable bonds is 4. The molecule has 2 aliphatic carbocycles. The summed E-state index contributed by atoms with van der Waals surface area (Å²) in [7, 11) is 3.78. The Labute approximate surface area is 170 Å². The van der Waals surface area contributed by atoms with Crippen LogP contribution in [0.2, 0.25) is 0 Å². The summed E-state index contributed by atoms with van der Waals surface area (Å²) in [5, 5.41) is 4.28. The van der Waals surface area contributed by atoms with Crippen LogP contribution in [0.4, 0.5) is 0 Å². The molecule has 2 heteroatoms. The van der Waals surface area contributed by atoms with Gasteiger partial charge in [0.1, 0.15) is 0 Å². The number of nitrogens with zero attached hydrogens (tertiary/aromatic N) is 1. The predicted octanol–water partition coefficient (Wildman–Crippen LogP) is 4.18.